The van der Waals surface area contributed by atoms with Gasteiger partial charge in [-0.25, -0.2) is 0 Å². The van der Waals surface area contributed by atoms with Crippen LogP contribution in [0.3, 0.4) is 0 Å². The van der Waals surface area contributed by atoms with E-state index in [4.69, 9.17) is 15.1 Å². The third-order valence-corrected chi connectivity index (χ3v) is 4.99. The number of halogens is 1. The van der Waals surface area contributed by atoms with E-state index in [2.05, 4.69) is 22.8 Å². The SMILES string of the molecule is CC1CCN(C(N)=NCC(c2ccco2)N2CCCC2)CC1.I. The lowest BCUT2D eigenvalue weighted by Gasteiger charge is -2.31. The molecule has 2 N–H and O–H groups in total. The lowest BCUT2D eigenvalue weighted by molar-refractivity contribution is 0.219. The summed E-state index contributed by atoms with van der Waals surface area (Å²) in [4.78, 5) is 9.38. The quantitative estimate of drug-likeness (QED) is 0.452. The third-order valence-electron chi connectivity index (χ3n) is 4.99. The summed E-state index contributed by atoms with van der Waals surface area (Å²) in [6, 6.07) is 4.23. The van der Waals surface area contributed by atoms with Crippen LogP contribution in [0.25, 0.3) is 0 Å². The van der Waals surface area contributed by atoms with Gasteiger partial charge in [0.1, 0.15) is 5.76 Å². The van der Waals surface area contributed by atoms with E-state index in [1.165, 1.54) is 25.7 Å². The second-order valence-electron chi connectivity index (χ2n) is 6.64. The van der Waals surface area contributed by atoms with Crippen LogP contribution in [-0.2, 0) is 0 Å². The zero-order chi connectivity index (χ0) is 15.4. The largest absolute Gasteiger partial charge is 0.468 e. The highest BCUT2D eigenvalue weighted by atomic mass is 127. The highest BCUT2D eigenvalue weighted by molar-refractivity contribution is 14.0. The molecule has 2 fully saturated rings. The van der Waals surface area contributed by atoms with Crippen LogP contribution < -0.4 is 5.73 Å². The van der Waals surface area contributed by atoms with Crippen molar-refractivity contribution in [1.82, 2.24) is 9.80 Å². The second kappa shape index (κ2) is 8.92. The molecule has 1 unspecified atom stereocenters. The molecule has 6 heteroatoms. The first-order chi connectivity index (χ1) is 10.7. The molecular weight excluding hydrogens is 403 g/mol. The van der Waals surface area contributed by atoms with Crippen molar-refractivity contribution in [2.75, 3.05) is 32.7 Å². The summed E-state index contributed by atoms with van der Waals surface area (Å²) in [7, 11) is 0. The monoisotopic (exact) mass is 432 g/mol. The van der Waals surface area contributed by atoms with Crippen LogP contribution in [0.15, 0.2) is 27.8 Å². The van der Waals surface area contributed by atoms with Crippen molar-refractivity contribution in [3.05, 3.63) is 24.2 Å². The summed E-state index contributed by atoms with van der Waals surface area (Å²) in [6.45, 7) is 7.32. The van der Waals surface area contributed by atoms with Crippen LogP contribution in [0.4, 0.5) is 0 Å². The fourth-order valence-electron chi connectivity index (χ4n) is 3.44. The number of guanidine groups is 1. The molecule has 1 atom stereocenters. The molecular formula is C17H29IN4O. The van der Waals surface area contributed by atoms with Crippen molar-refractivity contribution < 1.29 is 4.42 Å². The highest BCUT2D eigenvalue weighted by Crippen LogP contribution is 2.26. The summed E-state index contributed by atoms with van der Waals surface area (Å²) >= 11 is 0. The number of nitrogens with zero attached hydrogens (tertiary/aromatic N) is 3. The summed E-state index contributed by atoms with van der Waals surface area (Å²) in [6.07, 6.45) is 6.70. The molecule has 1 aromatic rings. The molecule has 0 aliphatic carbocycles. The van der Waals surface area contributed by atoms with Crippen LogP contribution in [0.5, 0.6) is 0 Å². The minimum absolute atomic E-state index is 0. The van der Waals surface area contributed by atoms with Crippen LogP contribution in [0.2, 0.25) is 0 Å². The topological polar surface area (TPSA) is 58.0 Å². The lowest BCUT2D eigenvalue weighted by Crippen LogP contribution is -2.43. The van der Waals surface area contributed by atoms with Gasteiger partial charge in [0.15, 0.2) is 5.96 Å². The Morgan fingerprint density at radius 2 is 2.00 bits per heavy atom. The molecule has 0 radical (unpaired) electrons. The van der Waals surface area contributed by atoms with E-state index in [-0.39, 0.29) is 30.0 Å². The van der Waals surface area contributed by atoms with E-state index < -0.39 is 0 Å². The van der Waals surface area contributed by atoms with Gasteiger partial charge in [0.25, 0.3) is 0 Å². The van der Waals surface area contributed by atoms with Gasteiger partial charge < -0.3 is 15.1 Å². The van der Waals surface area contributed by atoms with Gasteiger partial charge in [-0.05, 0) is 56.8 Å². The van der Waals surface area contributed by atoms with Crippen LogP contribution in [0, 0.1) is 5.92 Å². The van der Waals surface area contributed by atoms with Gasteiger partial charge in [0, 0.05) is 13.1 Å². The van der Waals surface area contributed by atoms with E-state index in [0.29, 0.717) is 12.5 Å². The number of nitrogens with two attached hydrogens (primary N) is 1. The number of furan rings is 1. The summed E-state index contributed by atoms with van der Waals surface area (Å²) in [5, 5.41) is 0. The standard InChI is InChI=1S/C17H28N4O.HI/c1-14-6-10-21(11-7-14)17(18)19-13-15(16-5-4-12-22-16)20-8-2-3-9-20;/h4-5,12,14-15H,2-3,6-11,13H2,1H3,(H2,18,19);1H. The maximum Gasteiger partial charge on any atom is 0.191 e. The molecule has 0 saturated carbocycles. The average Bonchev–Trinajstić information content (AvgIpc) is 3.22. The van der Waals surface area contributed by atoms with Crippen LogP contribution in [-0.4, -0.2) is 48.5 Å². The maximum atomic E-state index is 6.22. The molecule has 0 spiro atoms. The lowest BCUT2D eigenvalue weighted by atomic mass is 10.00. The first kappa shape index (κ1) is 18.6. The molecule has 1 aromatic heterocycles. The fourth-order valence-corrected chi connectivity index (χ4v) is 3.44. The molecule has 5 nitrogen and oxygen atoms in total. The second-order valence-corrected chi connectivity index (χ2v) is 6.64. The van der Waals surface area contributed by atoms with E-state index in [1.807, 2.05) is 6.07 Å². The summed E-state index contributed by atoms with van der Waals surface area (Å²) < 4.78 is 5.63. The van der Waals surface area contributed by atoms with Crippen molar-refractivity contribution in [2.24, 2.45) is 16.6 Å². The van der Waals surface area contributed by atoms with Crippen molar-refractivity contribution >= 4 is 29.9 Å². The molecule has 0 aromatic carbocycles. The van der Waals surface area contributed by atoms with E-state index in [9.17, 15) is 0 Å². The minimum atomic E-state index is 0. The third kappa shape index (κ3) is 4.86. The highest BCUT2D eigenvalue weighted by Gasteiger charge is 2.26. The van der Waals surface area contributed by atoms with E-state index >= 15 is 0 Å². The Labute approximate surface area is 156 Å². The molecule has 130 valence electrons. The normalized spacial score (nSPS) is 22.1. The van der Waals surface area contributed by atoms with Gasteiger partial charge in [-0.3, -0.25) is 9.89 Å². The van der Waals surface area contributed by atoms with Gasteiger partial charge in [0.2, 0.25) is 0 Å². The number of piperidine rings is 1. The minimum Gasteiger partial charge on any atom is -0.468 e. The molecule has 23 heavy (non-hydrogen) atoms. The number of aliphatic imine (C=N–C) groups is 1. The zero-order valence-electron chi connectivity index (χ0n) is 14.0. The zero-order valence-corrected chi connectivity index (χ0v) is 16.3. The Morgan fingerprint density at radius 3 is 2.61 bits per heavy atom. The fraction of sp³-hybridized carbons (Fsp3) is 0.706. The molecule has 0 bridgehead atoms. The van der Waals surface area contributed by atoms with Crippen molar-refractivity contribution in [1.29, 1.82) is 0 Å². The van der Waals surface area contributed by atoms with Gasteiger partial charge in [0.05, 0.1) is 18.8 Å². The van der Waals surface area contributed by atoms with Crippen molar-refractivity contribution in [3.63, 3.8) is 0 Å². The van der Waals surface area contributed by atoms with E-state index in [1.54, 1.807) is 6.26 Å². The maximum absolute atomic E-state index is 6.22. The first-order valence-corrected chi connectivity index (χ1v) is 8.56. The van der Waals surface area contributed by atoms with Gasteiger partial charge in [-0.2, -0.15) is 0 Å². The smallest absolute Gasteiger partial charge is 0.191 e. The van der Waals surface area contributed by atoms with Gasteiger partial charge >= 0.3 is 0 Å². The summed E-state index contributed by atoms with van der Waals surface area (Å²) in [5.74, 6) is 2.51. The Bertz CT molecular complexity index is 477. The number of likely N-dealkylation sites (tertiary alicyclic amines) is 2. The predicted octanol–water partition coefficient (Wildman–Crippen LogP) is 3.08. The van der Waals surface area contributed by atoms with E-state index in [0.717, 1.165) is 37.9 Å². The Hall–Kier alpha value is -0.760. The van der Waals surface area contributed by atoms with Gasteiger partial charge in [-0.1, -0.05) is 6.92 Å². The molecule has 3 rings (SSSR count). The Balaban J connectivity index is 0.00000192. The average molecular weight is 432 g/mol. The number of hydrogen-bond acceptors (Lipinski definition) is 3. The molecule has 0 amide bonds. The van der Waals surface area contributed by atoms with Crippen molar-refractivity contribution in [3.8, 4) is 0 Å². The molecule has 2 saturated heterocycles. The number of rotatable bonds is 4. The van der Waals surface area contributed by atoms with Crippen LogP contribution in [0.1, 0.15) is 44.4 Å². The molecule has 3 heterocycles. The van der Waals surface area contributed by atoms with Crippen molar-refractivity contribution in [2.45, 2.75) is 38.6 Å². The summed E-state index contributed by atoms with van der Waals surface area (Å²) in [5.41, 5.74) is 6.22. The molecule has 2 aliphatic heterocycles. The predicted molar refractivity (Wildman–Crippen MR) is 104 cm³/mol. The van der Waals surface area contributed by atoms with Crippen LogP contribution >= 0.6 is 24.0 Å². The van der Waals surface area contributed by atoms with Gasteiger partial charge in [-0.15, -0.1) is 24.0 Å². The Morgan fingerprint density at radius 1 is 1.30 bits per heavy atom. The Kier molecular flexibility index (Phi) is 7.20. The molecule has 2 aliphatic rings. The number of hydrogen-bond donors (Lipinski definition) is 1. The first-order valence-electron chi connectivity index (χ1n) is 8.56.